The van der Waals surface area contributed by atoms with Crippen LogP contribution in [0.25, 0.3) is 0 Å². The van der Waals surface area contributed by atoms with Gasteiger partial charge < -0.3 is 4.74 Å². The maximum absolute atomic E-state index is 5.64. The SMILES string of the molecule is Brc1ccccc1OCc1ccsc1. The lowest BCUT2D eigenvalue weighted by molar-refractivity contribution is 0.305. The van der Waals surface area contributed by atoms with Gasteiger partial charge in [-0.25, -0.2) is 0 Å². The van der Waals surface area contributed by atoms with E-state index in [0.29, 0.717) is 6.61 Å². The van der Waals surface area contributed by atoms with Crippen LogP contribution in [-0.2, 0) is 6.61 Å². The molecule has 0 unspecified atom stereocenters. The highest BCUT2D eigenvalue weighted by molar-refractivity contribution is 9.10. The van der Waals surface area contributed by atoms with E-state index < -0.39 is 0 Å². The Hall–Kier alpha value is -0.800. The molecule has 1 nitrogen and oxygen atoms in total. The van der Waals surface area contributed by atoms with E-state index in [1.807, 2.05) is 24.3 Å². The monoisotopic (exact) mass is 268 g/mol. The standard InChI is InChI=1S/C11H9BrOS/c12-10-3-1-2-4-11(10)13-7-9-5-6-14-8-9/h1-6,8H,7H2. The third kappa shape index (κ3) is 2.36. The molecule has 0 saturated heterocycles. The van der Waals surface area contributed by atoms with Gasteiger partial charge in [-0.3, -0.25) is 0 Å². The quantitative estimate of drug-likeness (QED) is 0.815. The minimum atomic E-state index is 0.631. The van der Waals surface area contributed by atoms with Crippen molar-refractivity contribution in [2.24, 2.45) is 0 Å². The van der Waals surface area contributed by atoms with Gasteiger partial charge in [-0.2, -0.15) is 11.3 Å². The molecule has 0 bridgehead atoms. The summed E-state index contributed by atoms with van der Waals surface area (Å²) in [5.41, 5.74) is 1.21. The molecule has 0 amide bonds. The number of thiophene rings is 1. The summed E-state index contributed by atoms with van der Waals surface area (Å²) < 4.78 is 6.64. The molecule has 0 aliphatic heterocycles. The van der Waals surface area contributed by atoms with Gasteiger partial charge in [-0.1, -0.05) is 12.1 Å². The first-order chi connectivity index (χ1) is 6.86. The molecule has 14 heavy (non-hydrogen) atoms. The molecule has 0 N–H and O–H groups in total. The lowest BCUT2D eigenvalue weighted by Crippen LogP contribution is -1.93. The van der Waals surface area contributed by atoms with Gasteiger partial charge in [-0.05, 0) is 50.5 Å². The Kier molecular flexibility index (Phi) is 3.22. The molecule has 1 heterocycles. The van der Waals surface area contributed by atoms with E-state index in [2.05, 4.69) is 32.8 Å². The minimum absolute atomic E-state index is 0.631. The van der Waals surface area contributed by atoms with Gasteiger partial charge in [0.2, 0.25) is 0 Å². The van der Waals surface area contributed by atoms with Crippen LogP contribution < -0.4 is 4.74 Å². The summed E-state index contributed by atoms with van der Waals surface area (Å²) in [5, 5.41) is 4.15. The molecule has 0 spiro atoms. The zero-order valence-electron chi connectivity index (χ0n) is 7.44. The molecule has 0 saturated carbocycles. The lowest BCUT2D eigenvalue weighted by Gasteiger charge is -2.06. The van der Waals surface area contributed by atoms with E-state index in [1.54, 1.807) is 11.3 Å². The second-order valence-corrected chi connectivity index (χ2v) is 4.49. The summed E-state index contributed by atoms with van der Waals surface area (Å²) in [4.78, 5) is 0. The third-order valence-corrected chi connectivity index (χ3v) is 3.20. The topological polar surface area (TPSA) is 9.23 Å². The molecule has 0 fully saturated rings. The Morgan fingerprint density at radius 3 is 2.79 bits per heavy atom. The highest BCUT2D eigenvalue weighted by Gasteiger charge is 1.99. The third-order valence-electron chi connectivity index (χ3n) is 1.81. The molecule has 2 aromatic rings. The van der Waals surface area contributed by atoms with Crippen LogP contribution in [0.4, 0.5) is 0 Å². The number of hydrogen-bond acceptors (Lipinski definition) is 2. The van der Waals surface area contributed by atoms with Crippen molar-refractivity contribution >= 4 is 27.3 Å². The first-order valence-corrected chi connectivity index (χ1v) is 5.98. The summed E-state index contributed by atoms with van der Waals surface area (Å²) in [5.74, 6) is 0.888. The van der Waals surface area contributed by atoms with Crippen LogP contribution in [0.5, 0.6) is 5.75 Å². The maximum Gasteiger partial charge on any atom is 0.133 e. The van der Waals surface area contributed by atoms with E-state index in [1.165, 1.54) is 5.56 Å². The van der Waals surface area contributed by atoms with Crippen LogP contribution in [0, 0.1) is 0 Å². The van der Waals surface area contributed by atoms with Crippen molar-refractivity contribution in [2.75, 3.05) is 0 Å². The smallest absolute Gasteiger partial charge is 0.133 e. The van der Waals surface area contributed by atoms with Gasteiger partial charge >= 0.3 is 0 Å². The molecular weight excluding hydrogens is 260 g/mol. The zero-order valence-corrected chi connectivity index (χ0v) is 9.85. The number of ether oxygens (including phenoxy) is 1. The van der Waals surface area contributed by atoms with Crippen LogP contribution in [0.3, 0.4) is 0 Å². The molecule has 3 heteroatoms. The van der Waals surface area contributed by atoms with Gasteiger partial charge in [0.25, 0.3) is 0 Å². The van der Waals surface area contributed by atoms with Crippen molar-refractivity contribution in [1.82, 2.24) is 0 Å². The van der Waals surface area contributed by atoms with Crippen molar-refractivity contribution < 1.29 is 4.74 Å². The molecule has 0 aliphatic carbocycles. The van der Waals surface area contributed by atoms with E-state index in [0.717, 1.165) is 10.2 Å². The number of rotatable bonds is 3. The summed E-state index contributed by atoms with van der Waals surface area (Å²) in [6, 6.07) is 9.94. The number of halogens is 1. The van der Waals surface area contributed by atoms with Crippen LogP contribution in [0.1, 0.15) is 5.56 Å². The first-order valence-electron chi connectivity index (χ1n) is 4.24. The average molecular weight is 269 g/mol. The van der Waals surface area contributed by atoms with E-state index in [-0.39, 0.29) is 0 Å². The highest BCUT2D eigenvalue weighted by Crippen LogP contribution is 2.24. The number of para-hydroxylation sites is 1. The Balaban J connectivity index is 2.02. The van der Waals surface area contributed by atoms with Gasteiger partial charge in [-0.15, -0.1) is 0 Å². The Bertz CT molecular complexity index is 397. The van der Waals surface area contributed by atoms with E-state index >= 15 is 0 Å². The molecule has 1 aromatic heterocycles. The van der Waals surface area contributed by atoms with Crippen molar-refractivity contribution in [3.63, 3.8) is 0 Å². The average Bonchev–Trinajstić information content (AvgIpc) is 2.69. The second-order valence-electron chi connectivity index (χ2n) is 2.85. The fourth-order valence-electron chi connectivity index (χ4n) is 1.10. The van der Waals surface area contributed by atoms with Gasteiger partial charge in [0.05, 0.1) is 4.47 Å². The number of benzene rings is 1. The van der Waals surface area contributed by atoms with Crippen LogP contribution in [-0.4, -0.2) is 0 Å². The first kappa shape index (κ1) is 9.74. The molecule has 0 radical (unpaired) electrons. The summed E-state index contributed by atoms with van der Waals surface area (Å²) in [6.07, 6.45) is 0. The second kappa shape index (κ2) is 4.62. The summed E-state index contributed by atoms with van der Waals surface area (Å²) in [6.45, 7) is 0.631. The molecule has 72 valence electrons. The predicted molar refractivity (Wildman–Crippen MR) is 62.8 cm³/mol. The molecule has 0 atom stereocenters. The molecule has 0 aliphatic rings. The van der Waals surface area contributed by atoms with Crippen molar-refractivity contribution in [3.8, 4) is 5.75 Å². The van der Waals surface area contributed by atoms with Gasteiger partial charge in [0.1, 0.15) is 12.4 Å². The Morgan fingerprint density at radius 1 is 1.21 bits per heavy atom. The Labute approximate surface area is 95.5 Å². The Morgan fingerprint density at radius 2 is 2.07 bits per heavy atom. The fourth-order valence-corrected chi connectivity index (χ4v) is 2.15. The predicted octanol–water partition coefficient (Wildman–Crippen LogP) is 4.09. The van der Waals surface area contributed by atoms with Crippen LogP contribution in [0.15, 0.2) is 45.6 Å². The van der Waals surface area contributed by atoms with Crippen LogP contribution in [0.2, 0.25) is 0 Å². The highest BCUT2D eigenvalue weighted by atomic mass is 79.9. The largest absolute Gasteiger partial charge is 0.488 e. The van der Waals surface area contributed by atoms with Crippen LogP contribution >= 0.6 is 27.3 Å². The normalized spacial score (nSPS) is 10.1. The molecular formula is C11H9BrOS. The summed E-state index contributed by atoms with van der Waals surface area (Å²) >= 11 is 5.13. The fraction of sp³-hybridized carbons (Fsp3) is 0.0909. The zero-order chi connectivity index (χ0) is 9.80. The number of hydrogen-bond donors (Lipinski definition) is 0. The van der Waals surface area contributed by atoms with Gasteiger partial charge in [0.15, 0.2) is 0 Å². The molecule has 2 rings (SSSR count). The van der Waals surface area contributed by atoms with Crippen molar-refractivity contribution in [3.05, 3.63) is 51.1 Å². The maximum atomic E-state index is 5.64. The van der Waals surface area contributed by atoms with E-state index in [4.69, 9.17) is 4.74 Å². The lowest BCUT2D eigenvalue weighted by atomic mass is 10.3. The van der Waals surface area contributed by atoms with E-state index in [9.17, 15) is 0 Å². The summed E-state index contributed by atoms with van der Waals surface area (Å²) in [7, 11) is 0. The van der Waals surface area contributed by atoms with Crippen molar-refractivity contribution in [2.45, 2.75) is 6.61 Å². The van der Waals surface area contributed by atoms with Gasteiger partial charge in [0, 0.05) is 0 Å². The van der Waals surface area contributed by atoms with Crippen molar-refractivity contribution in [1.29, 1.82) is 0 Å². The molecule has 1 aromatic carbocycles. The minimum Gasteiger partial charge on any atom is -0.488 e.